The van der Waals surface area contributed by atoms with Crippen molar-refractivity contribution in [3.63, 3.8) is 0 Å². The van der Waals surface area contributed by atoms with Crippen molar-refractivity contribution in [1.29, 1.82) is 0 Å². The fourth-order valence-corrected chi connectivity index (χ4v) is 2.20. The molecule has 0 spiro atoms. The first-order valence-electron chi connectivity index (χ1n) is 6.11. The Kier molecular flexibility index (Phi) is 4.47. The van der Waals surface area contributed by atoms with Gasteiger partial charge in [-0.3, -0.25) is 0 Å². The number of rotatable bonds is 4. The monoisotopic (exact) mass is 305 g/mol. The molecule has 2 aromatic rings. The summed E-state index contributed by atoms with van der Waals surface area (Å²) >= 11 is 11.1. The van der Waals surface area contributed by atoms with Crippen LogP contribution in [0.1, 0.15) is 5.56 Å². The Labute approximate surface area is 129 Å². The maximum atomic E-state index is 6.04. The van der Waals surface area contributed by atoms with Gasteiger partial charge >= 0.3 is 0 Å². The average molecular weight is 306 g/mol. The minimum atomic E-state index is 0.341. The molecule has 2 aromatic carbocycles. The summed E-state index contributed by atoms with van der Waals surface area (Å²) in [5.74, 6) is 0. The second-order valence-electron chi connectivity index (χ2n) is 4.62. The van der Waals surface area contributed by atoms with Gasteiger partial charge in [-0.15, -0.1) is 0 Å². The number of thiocarbonyl (C=S) groups is 1. The molecule has 0 unspecified atom stereocenters. The molecule has 104 valence electrons. The molecule has 0 aliphatic heterocycles. The Balaban J connectivity index is 2.36. The molecule has 0 aliphatic rings. The van der Waals surface area contributed by atoms with Gasteiger partial charge in [0.05, 0.1) is 5.69 Å². The van der Waals surface area contributed by atoms with Gasteiger partial charge < -0.3 is 16.0 Å². The standard InChI is InChI=1S/C15H16ClN3S/c1-19(2)12-5-3-4-11(9-12)18-14-8-10(16)6-7-13(14)15(17)20/h3-9,18H,1-2H3,(H2,17,20). The van der Waals surface area contributed by atoms with Crippen molar-refractivity contribution in [3.05, 3.63) is 53.1 Å². The molecule has 3 nitrogen and oxygen atoms in total. The number of anilines is 3. The zero-order chi connectivity index (χ0) is 14.7. The third-order valence-corrected chi connectivity index (χ3v) is 3.34. The molecule has 0 heterocycles. The number of nitrogens with one attached hydrogen (secondary N) is 1. The highest BCUT2D eigenvalue weighted by molar-refractivity contribution is 7.80. The van der Waals surface area contributed by atoms with Crippen LogP contribution in [0.15, 0.2) is 42.5 Å². The van der Waals surface area contributed by atoms with E-state index in [1.54, 1.807) is 6.07 Å². The summed E-state index contributed by atoms with van der Waals surface area (Å²) in [6.07, 6.45) is 0. The molecular weight excluding hydrogens is 290 g/mol. The normalized spacial score (nSPS) is 10.2. The van der Waals surface area contributed by atoms with Gasteiger partial charge in [-0.1, -0.05) is 29.9 Å². The highest BCUT2D eigenvalue weighted by Gasteiger charge is 2.07. The summed E-state index contributed by atoms with van der Waals surface area (Å²) in [5.41, 5.74) is 9.38. The molecule has 0 amide bonds. The van der Waals surface area contributed by atoms with Gasteiger partial charge in [0.25, 0.3) is 0 Å². The lowest BCUT2D eigenvalue weighted by atomic mass is 10.1. The smallest absolute Gasteiger partial charge is 0.106 e. The van der Waals surface area contributed by atoms with Crippen molar-refractivity contribution in [2.45, 2.75) is 0 Å². The predicted octanol–water partition coefficient (Wildman–Crippen LogP) is 3.78. The molecule has 0 aliphatic carbocycles. The van der Waals surface area contributed by atoms with E-state index >= 15 is 0 Å². The van der Waals surface area contributed by atoms with E-state index in [4.69, 9.17) is 29.6 Å². The van der Waals surface area contributed by atoms with Crippen LogP contribution in [0.4, 0.5) is 17.1 Å². The van der Waals surface area contributed by atoms with Crippen molar-refractivity contribution >= 4 is 45.9 Å². The molecular formula is C15H16ClN3S. The summed E-state index contributed by atoms with van der Waals surface area (Å²) < 4.78 is 0. The van der Waals surface area contributed by atoms with Crippen LogP contribution in [0, 0.1) is 0 Å². The predicted molar refractivity (Wildman–Crippen MR) is 91.4 cm³/mol. The van der Waals surface area contributed by atoms with E-state index in [9.17, 15) is 0 Å². The van der Waals surface area contributed by atoms with Crippen molar-refractivity contribution < 1.29 is 0 Å². The minimum Gasteiger partial charge on any atom is -0.389 e. The van der Waals surface area contributed by atoms with E-state index < -0.39 is 0 Å². The van der Waals surface area contributed by atoms with Crippen LogP contribution in [-0.2, 0) is 0 Å². The number of hydrogen-bond acceptors (Lipinski definition) is 3. The third-order valence-electron chi connectivity index (χ3n) is 2.89. The van der Waals surface area contributed by atoms with E-state index in [0.29, 0.717) is 10.0 Å². The van der Waals surface area contributed by atoms with Gasteiger partial charge in [0.1, 0.15) is 4.99 Å². The van der Waals surface area contributed by atoms with Crippen LogP contribution in [0.2, 0.25) is 5.02 Å². The molecule has 20 heavy (non-hydrogen) atoms. The van der Waals surface area contributed by atoms with Crippen molar-refractivity contribution in [2.75, 3.05) is 24.3 Å². The molecule has 0 saturated carbocycles. The molecule has 0 bridgehead atoms. The van der Waals surface area contributed by atoms with E-state index in [0.717, 1.165) is 22.6 Å². The van der Waals surface area contributed by atoms with Crippen LogP contribution in [0.5, 0.6) is 0 Å². The number of hydrogen-bond donors (Lipinski definition) is 2. The molecule has 0 saturated heterocycles. The van der Waals surface area contributed by atoms with Crippen molar-refractivity contribution in [3.8, 4) is 0 Å². The Morgan fingerprint density at radius 1 is 1.20 bits per heavy atom. The zero-order valence-corrected chi connectivity index (χ0v) is 12.9. The highest BCUT2D eigenvalue weighted by Crippen LogP contribution is 2.26. The highest BCUT2D eigenvalue weighted by atomic mass is 35.5. The Morgan fingerprint density at radius 3 is 2.60 bits per heavy atom. The summed E-state index contributed by atoms with van der Waals surface area (Å²) in [6, 6.07) is 13.5. The van der Waals surface area contributed by atoms with Crippen LogP contribution in [0.25, 0.3) is 0 Å². The van der Waals surface area contributed by atoms with Crippen LogP contribution in [0.3, 0.4) is 0 Å². The third kappa shape index (κ3) is 3.40. The number of nitrogens with two attached hydrogens (primary N) is 1. The molecule has 0 aromatic heterocycles. The van der Waals surface area contributed by atoms with Gasteiger partial charge in [-0.05, 0) is 36.4 Å². The van der Waals surface area contributed by atoms with E-state index in [1.165, 1.54) is 0 Å². The average Bonchev–Trinajstić information content (AvgIpc) is 2.38. The van der Waals surface area contributed by atoms with E-state index in [-0.39, 0.29) is 0 Å². The Morgan fingerprint density at radius 2 is 1.95 bits per heavy atom. The fraction of sp³-hybridized carbons (Fsp3) is 0.133. The molecule has 3 N–H and O–H groups in total. The second-order valence-corrected chi connectivity index (χ2v) is 5.50. The fourth-order valence-electron chi connectivity index (χ4n) is 1.85. The van der Waals surface area contributed by atoms with Crippen molar-refractivity contribution in [1.82, 2.24) is 0 Å². The van der Waals surface area contributed by atoms with Gasteiger partial charge in [-0.2, -0.15) is 0 Å². The topological polar surface area (TPSA) is 41.3 Å². The lowest BCUT2D eigenvalue weighted by Gasteiger charge is -2.16. The lowest BCUT2D eigenvalue weighted by Crippen LogP contribution is -2.12. The van der Waals surface area contributed by atoms with Crippen LogP contribution >= 0.6 is 23.8 Å². The van der Waals surface area contributed by atoms with Gasteiger partial charge in [0.2, 0.25) is 0 Å². The summed E-state index contributed by atoms with van der Waals surface area (Å²) in [6.45, 7) is 0. The van der Waals surface area contributed by atoms with Crippen molar-refractivity contribution in [2.24, 2.45) is 5.73 Å². The minimum absolute atomic E-state index is 0.341. The van der Waals surface area contributed by atoms with E-state index in [2.05, 4.69) is 5.32 Å². The van der Waals surface area contributed by atoms with Crippen LogP contribution < -0.4 is 16.0 Å². The van der Waals surface area contributed by atoms with Gasteiger partial charge in [0.15, 0.2) is 0 Å². The molecule has 2 rings (SSSR count). The van der Waals surface area contributed by atoms with Crippen LogP contribution in [-0.4, -0.2) is 19.1 Å². The second kappa shape index (κ2) is 6.11. The maximum absolute atomic E-state index is 6.04. The molecule has 0 radical (unpaired) electrons. The molecule has 5 heteroatoms. The first-order valence-corrected chi connectivity index (χ1v) is 6.90. The van der Waals surface area contributed by atoms with Gasteiger partial charge in [0, 0.05) is 36.1 Å². The SMILES string of the molecule is CN(C)c1cccc(Nc2cc(Cl)ccc2C(N)=S)c1. The summed E-state index contributed by atoms with van der Waals surface area (Å²) in [5, 5.41) is 3.95. The first-order chi connectivity index (χ1) is 9.47. The number of benzene rings is 2. The Bertz CT molecular complexity index is 641. The van der Waals surface area contributed by atoms with Gasteiger partial charge in [-0.25, -0.2) is 0 Å². The number of halogens is 1. The van der Waals surface area contributed by atoms with E-state index in [1.807, 2.05) is 55.4 Å². The quantitative estimate of drug-likeness (QED) is 0.843. The summed E-state index contributed by atoms with van der Waals surface area (Å²) in [4.78, 5) is 2.38. The lowest BCUT2D eigenvalue weighted by molar-refractivity contribution is 1.13. The molecule has 0 fully saturated rings. The largest absolute Gasteiger partial charge is 0.389 e. The number of nitrogens with zero attached hydrogens (tertiary/aromatic N) is 1. The maximum Gasteiger partial charge on any atom is 0.106 e. The first kappa shape index (κ1) is 14.6. The zero-order valence-electron chi connectivity index (χ0n) is 11.4. The Hall–Kier alpha value is -1.78. The summed E-state index contributed by atoms with van der Waals surface area (Å²) in [7, 11) is 4.00. The molecule has 0 atom stereocenters.